The van der Waals surface area contributed by atoms with Crippen LogP contribution >= 0.6 is 0 Å². The number of ether oxygens (including phenoxy) is 1. The molecule has 0 aliphatic carbocycles. The summed E-state index contributed by atoms with van der Waals surface area (Å²) < 4.78 is 5.47. The van der Waals surface area contributed by atoms with E-state index in [2.05, 4.69) is 27.7 Å². The number of hydrogen-bond acceptors (Lipinski definition) is 2. The van der Waals surface area contributed by atoms with Gasteiger partial charge in [0.1, 0.15) is 0 Å². The van der Waals surface area contributed by atoms with Gasteiger partial charge in [0.25, 0.3) is 0 Å². The summed E-state index contributed by atoms with van der Waals surface area (Å²) in [4.78, 5) is 0. The second-order valence-corrected chi connectivity index (χ2v) is 4.88. The predicted molar refractivity (Wildman–Crippen MR) is 51.0 cm³/mol. The lowest BCUT2D eigenvalue weighted by atomic mass is 9.62. The molecule has 1 aliphatic rings. The molecule has 1 heterocycles. The first kappa shape index (κ1) is 10.0. The SMILES string of the molecule is CCC1(C(C)(C)C)COC[C@@H]1N. The van der Waals surface area contributed by atoms with Gasteiger partial charge in [0, 0.05) is 11.5 Å². The smallest absolute Gasteiger partial charge is 0.0624 e. The molecule has 0 aromatic heterocycles. The van der Waals surface area contributed by atoms with E-state index < -0.39 is 0 Å². The monoisotopic (exact) mass is 171 g/mol. The molecule has 1 rings (SSSR count). The highest BCUT2D eigenvalue weighted by atomic mass is 16.5. The third-order valence-electron chi connectivity index (χ3n) is 3.49. The van der Waals surface area contributed by atoms with Crippen molar-refractivity contribution in [3.63, 3.8) is 0 Å². The van der Waals surface area contributed by atoms with Crippen molar-refractivity contribution in [2.75, 3.05) is 13.2 Å². The van der Waals surface area contributed by atoms with Gasteiger partial charge in [0.15, 0.2) is 0 Å². The fourth-order valence-electron chi connectivity index (χ4n) is 2.30. The number of hydrogen-bond donors (Lipinski definition) is 1. The maximum absolute atomic E-state index is 6.09. The summed E-state index contributed by atoms with van der Waals surface area (Å²) in [6.07, 6.45) is 1.11. The molecule has 2 N–H and O–H groups in total. The maximum Gasteiger partial charge on any atom is 0.0624 e. The van der Waals surface area contributed by atoms with Gasteiger partial charge in [0.05, 0.1) is 13.2 Å². The summed E-state index contributed by atoms with van der Waals surface area (Å²) in [5.74, 6) is 0. The molecule has 0 bridgehead atoms. The van der Waals surface area contributed by atoms with Crippen LogP contribution in [-0.2, 0) is 4.74 Å². The van der Waals surface area contributed by atoms with Gasteiger partial charge in [-0.15, -0.1) is 0 Å². The minimum absolute atomic E-state index is 0.188. The zero-order valence-corrected chi connectivity index (χ0v) is 8.68. The summed E-state index contributed by atoms with van der Waals surface area (Å²) >= 11 is 0. The van der Waals surface area contributed by atoms with E-state index in [0.717, 1.165) is 19.6 Å². The Hall–Kier alpha value is -0.0800. The Balaban J connectivity index is 2.89. The van der Waals surface area contributed by atoms with Crippen LogP contribution in [0.15, 0.2) is 0 Å². The molecular weight excluding hydrogens is 150 g/mol. The Morgan fingerprint density at radius 1 is 1.50 bits per heavy atom. The van der Waals surface area contributed by atoms with Gasteiger partial charge < -0.3 is 10.5 Å². The molecule has 0 aromatic carbocycles. The second kappa shape index (κ2) is 3.00. The highest BCUT2D eigenvalue weighted by Crippen LogP contribution is 2.46. The van der Waals surface area contributed by atoms with Crippen LogP contribution in [0.1, 0.15) is 34.1 Å². The third kappa shape index (κ3) is 1.27. The maximum atomic E-state index is 6.09. The van der Waals surface area contributed by atoms with E-state index in [4.69, 9.17) is 10.5 Å². The molecule has 0 spiro atoms. The Labute approximate surface area is 75.5 Å². The molecule has 0 amide bonds. The number of nitrogens with two attached hydrogens (primary N) is 1. The fraction of sp³-hybridized carbons (Fsp3) is 1.00. The van der Waals surface area contributed by atoms with Crippen LogP contribution in [0.5, 0.6) is 0 Å². The molecule has 2 heteroatoms. The van der Waals surface area contributed by atoms with E-state index in [1.165, 1.54) is 0 Å². The highest BCUT2D eigenvalue weighted by molar-refractivity contribution is 5.00. The molecule has 1 aliphatic heterocycles. The van der Waals surface area contributed by atoms with E-state index in [-0.39, 0.29) is 16.9 Å². The van der Waals surface area contributed by atoms with Gasteiger partial charge in [-0.3, -0.25) is 0 Å². The molecule has 12 heavy (non-hydrogen) atoms. The normalized spacial score (nSPS) is 37.2. The zero-order valence-electron chi connectivity index (χ0n) is 8.68. The van der Waals surface area contributed by atoms with E-state index in [1.807, 2.05) is 0 Å². The molecule has 0 aromatic rings. The van der Waals surface area contributed by atoms with Crippen molar-refractivity contribution in [3.05, 3.63) is 0 Å². The van der Waals surface area contributed by atoms with Crippen molar-refractivity contribution < 1.29 is 4.74 Å². The topological polar surface area (TPSA) is 35.2 Å². The van der Waals surface area contributed by atoms with Gasteiger partial charge in [-0.2, -0.15) is 0 Å². The number of rotatable bonds is 1. The minimum Gasteiger partial charge on any atom is -0.379 e. The first-order valence-corrected chi connectivity index (χ1v) is 4.77. The van der Waals surface area contributed by atoms with Gasteiger partial charge in [-0.1, -0.05) is 27.7 Å². The van der Waals surface area contributed by atoms with Crippen LogP contribution in [0.25, 0.3) is 0 Å². The first-order chi connectivity index (χ1) is 5.44. The van der Waals surface area contributed by atoms with Crippen molar-refractivity contribution in [2.24, 2.45) is 16.6 Å². The Morgan fingerprint density at radius 3 is 2.25 bits per heavy atom. The summed E-state index contributed by atoms with van der Waals surface area (Å²) in [6.45, 7) is 10.5. The zero-order chi connectivity index (χ0) is 9.41. The van der Waals surface area contributed by atoms with E-state index in [9.17, 15) is 0 Å². The van der Waals surface area contributed by atoms with Crippen molar-refractivity contribution in [3.8, 4) is 0 Å². The van der Waals surface area contributed by atoms with Gasteiger partial charge in [-0.05, 0) is 11.8 Å². The standard InChI is InChI=1S/C10H21NO/c1-5-10(9(2,3)4)7-12-6-8(10)11/h8H,5-7,11H2,1-4H3/t8-,10?/m0/s1. The van der Waals surface area contributed by atoms with Crippen LogP contribution < -0.4 is 5.73 Å². The van der Waals surface area contributed by atoms with Crippen LogP contribution in [0.4, 0.5) is 0 Å². The third-order valence-corrected chi connectivity index (χ3v) is 3.49. The Kier molecular flexibility index (Phi) is 2.50. The van der Waals surface area contributed by atoms with E-state index in [1.54, 1.807) is 0 Å². The molecule has 1 fully saturated rings. The fourth-order valence-corrected chi connectivity index (χ4v) is 2.30. The van der Waals surface area contributed by atoms with Crippen molar-refractivity contribution in [2.45, 2.75) is 40.2 Å². The lowest BCUT2D eigenvalue weighted by molar-refractivity contribution is 0.0492. The largest absolute Gasteiger partial charge is 0.379 e. The molecule has 2 atom stereocenters. The lowest BCUT2D eigenvalue weighted by Gasteiger charge is -2.43. The minimum atomic E-state index is 0.188. The van der Waals surface area contributed by atoms with Crippen molar-refractivity contribution in [1.29, 1.82) is 0 Å². The van der Waals surface area contributed by atoms with Crippen LogP contribution in [0, 0.1) is 10.8 Å². The van der Waals surface area contributed by atoms with Gasteiger partial charge in [-0.25, -0.2) is 0 Å². The quantitative estimate of drug-likeness (QED) is 0.652. The second-order valence-electron chi connectivity index (χ2n) is 4.88. The molecular formula is C10H21NO. The summed E-state index contributed by atoms with van der Waals surface area (Å²) in [5.41, 5.74) is 6.52. The average molecular weight is 171 g/mol. The van der Waals surface area contributed by atoms with Crippen molar-refractivity contribution >= 4 is 0 Å². The molecule has 2 nitrogen and oxygen atoms in total. The van der Waals surface area contributed by atoms with Crippen LogP contribution in [0.3, 0.4) is 0 Å². The Bertz CT molecular complexity index is 162. The summed E-state index contributed by atoms with van der Waals surface area (Å²) in [7, 11) is 0. The molecule has 72 valence electrons. The Morgan fingerprint density at radius 2 is 2.08 bits per heavy atom. The molecule has 0 saturated carbocycles. The average Bonchev–Trinajstić information content (AvgIpc) is 2.30. The highest BCUT2D eigenvalue weighted by Gasteiger charge is 2.48. The molecule has 1 unspecified atom stereocenters. The van der Waals surface area contributed by atoms with Gasteiger partial charge >= 0.3 is 0 Å². The van der Waals surface area contributed by atoms with Crippen LogP contribution in [-0.4, -0.2) is 19.3 Å². The lowest BCUT2D eigenvalue weighted by Crippen LogP contribution is -2.49. The predicted octanol–water partition coefficient (Wildman–Crippen LogP) is 1.79. The first-order valence-electron chi connectivity index (χ1n) is 4.77. The summed E-state index contributed by atoms with van der Waals surface area (Å²) in [5, 5.41) is 0. The molecule has 0 radical (unpaired) electrons. The van der Waals surface area contributed by atoms with Crippen LogP contribution in [0.2, 0.25) is 0 Å². The van der Waals surface area contributed by atoms with Crippen molar-refractivity contribution in [1.82, 2.24) is 0 Å². The van der Waals surface area contributed by atoms with Gasteiger partial charge in [0.2, 0.25) is 0 Å². The van der Waals surface area contributed by atoms with E-state index in [0.29, 0.717) is 0 Å². The molecule has 1 saturated heterocycles. The van der Waals surface area contributed by atoms with E-state index >= 15 is 0 Å². The summed E-state index contributed by atoms with van der Waals surface area (Å²) in [6, 6.07) is 0.211.